The molecule has 0 radical (unpaired) electrons. The molecule has 0 spiro atoms. The number of hydrogen-bond donors (Lipinski definition) is 2. The number of amides is 1. The zero-order chi connectivity index (χ0) is 18.5. The molecule has 0 saturated carbocycles. The van der Waals surface area contributed by atoms with Crippen molar-refractivity contribution in [3.05, 3.63) is 47.4 Å². The number of rotatable bonds is 5. The van der Waals surface area contributed by atoms with Gasteiger partial charge >= 0.3 is 0 Å². The minimum Gasteiger partial charge on any atom is -0.497 e. The highest BCUT2D eigenvalue weighted by Gasteiger charge is 2.22. The van der Waals surface area contributed by atoms with Crippen molar-refractivity contribution in [3.8, 4) is 5.75 Å². The quantitative estimate of drug-likeness (QED) is 0.610. The first-order chi connectivity index (χ1) is 12.6. The summed E-state index contributed by atoms with van der Waals surface area (Å²) in [6.07, 6.45) is 1.39. The molecule has 1 aliphatic rings. The number of carbonyl (C=O) groups is 1. The molecule has 136 valence electrons. The molecule has 1 amide bonds. The van der Waals surface area contributed by atoms with Crippen molar-refractivity contribution < 1.29 is 9.53 Å². The first-order valence-corrected chi connectivity index (χ1v) is 8.41. The molecule has 2 N–H and O–H groups in total. The number of ether oxygens (including phenoxy) is 1. The van der Waals surface area contributed by atoms with Gasteiger partial charge in [-0.1, -0.05) is 12.1 Å². The molecule has 1 fully saturated rings. The predicted molar refractivity (Wildman–Crippen MR) is 97.8 cm³/mol. The molecule has 1 aliphatic heterocycles. The topological polar surface area (TPSA) is 98.3 Å². The van der Waals surface area contributed by atoms with E-state index < -0.39 is 0 Å². The van der Waals surface area contributed by atoms with Gasteiger partial charge in [0, 0.05) is 26.2 Å². The average molecular weight is 354 g/mol. The van der Waals surface area contributed by atoms with E-state index in [1.54, 1.807) is 19.2 Å². The molecule has 0 aliphatic carbocycles. The summed E-state index contributed by atoms with van der Waals surface area (Å²) in [6, 6.07) is 10.9. The molecular formula is C18H22N6O2. The Labute approximate surface area is 151 Å². The van der Waals surface area contributed by atoms with Gasteiger partial charge < -0.3 is 14.5 Å². The molecule has 26 heavy (non-hydrogen) atoms. The standard InChI is InChI=1S/C18H22N6O2/c1-26-15-4-2-14(3-5-15)12-18(25)23-10-8-22(9-11-23)17-7-6-16(20)24(13-19)21-17/h2-7,13,19-20H,8-12H2,1H3. The van der Waals surface area contributed by atoms with Gasteiger partial charge in [0.1, 0.15) is 23.4 Å². The highest BCUT2D eigenvalue weighted by molar-refractivity contribution is 5.79. The van der Waals surface area contributed by atoms with E-state index in [-0.39, 0.29) is 11.4 Å². The van der Waals surface area contributed by atoms with Crippen molar-refractivity contribution in [2.24, 2.45) is 0 Å². The summed E-state index contributed by atoms with van der Waals surface area (Å²) in [5.74, 6) is 1.61. The maximum Gasteiger partial charge on any atom is 0.227 e. The Morgan fingerprint density at radius 2 is 1.85 bits per heavy atom. The first-order valence-electron chi connectivity index (χ1n) is 8.41. The molecule has 1 saturated heterocycles. The molecule has 1 aromatic carbocycles. The van der Waals surface area contributed by atoms with Crippen molar-refractivity contribution in [3.63, 3.8) is 0 Å². The summed E-state index contributed by atoms with van der Waals surface area (Å²) >= 11 is 0. The number of hydrogen-bond acceptors (Lipinski definition) is 6. The largest absolute Gasteiger partial charge is 0.497 e. The number of piperazine rings is 1. The SMILES string of the molecule is COc1ccc(CC(=O)N2CCN(c3ccc(=N)n(C=N)n3)CC2)cc1. The van der Waals surface area contributed by atoms with E-state index >= 15 is 0 Å². The lowest BCUT2D eigenvalue weighted by Crippen LogP contribution is -2.49. The Bertz CT molecular complexity index is 838. The van der Waals surface area contributed by atoms with Gasteiger partial charge in [-0.25, -0.2) is 4.68 Å². The number of nitrogens with one attached hydrogen (secondary N) is 2. The van der Waals surface area contributed by atoms with Gasteiger partial charge in [0.25, 0.3) is 0 Å². The van der Waals surface area contributed by atoms with Crippen molar-refractivity contribution in [1.82, 2.24) is 14.7 Å². The van der Waals surface area contributed by atoms with Crippen molar-refractivity contribution in [1.29, 1.82) is 10.8 Å². The minimum absolute atomic E-state index is 0.110. The summed E-state index contributed by atoms with van der Waals surface area (Å²) in [4.78, 5) is 16.4. The lowest BCUT2D eigenvalue weighted by molar-refractivity contribution is -0.130. The van der Waals surface area contributed by atoms with E-state index in [1.165, 1.54) is 4.68 Å². The van der Waals surface area contributed by atoms with Crippen LogP contribution in [0.5, 0.6) is 5.75 Å². The van der Waals surface area contributed by atoms with Crippen LogP contribution in [0.15, 0.2) is 36.4 Å². The van der Waals surface area contributed by atoms with Crippen LogP contribution in [-0.4, -0.2) is 60.2 Å². The normalized spacial score (nSPS) is 14.2. The molecule has 2 heterocycles. The van der Waals surface area contributed by atoms with Crippen LogP contribution in [0, 0.1) is 10.8 Å². The van der Waals surface area contributed by atoms with Crippen molar-refractivity contribution in [2.75, 3.05) is 38.2 Å². The molecule has 1 aromatic heterocycles. The highest BCUT2D eigenvalue weighted by atomic mass is 16.5. The molecule has 8 heteroatoms. The van der Waals surface area contributed by atoms with Gasteiger partial charge in [-0.2, -0.15) is 0 Å². The van der Waals surface area contributed by atoms with E-state index in [4.69, 9.17) is 15.6 Å². The van der Waals surface area contributed by atoms with E-state index in [9.17, 15) is 4.79 Å². The Morgan fingerprint density at radius 1 is 1.15 bits per heavy atom. The zero-order valence-corrected chi connectivity index (χ0v) is 14.7. The van der Waals surface area contributed by atoms with Gasteiger partial charge in [0.05, 0.1) is 13.5 Å². The zero-order valence-electron chi connectivity index (χ0n) is 14.7. The smallest absolute Gasteiger partial charge is 0.227 e. The second kappa shape index (κ2) is 7.81. The number of benzene rings is 1. The molecule has 3 rings (SSSR count). The van der Waals surface area contributed by atoms with Gasteiger partial charge in [-0.3, -0.25) is 15.6 Å². The van der Waals surface area contributed by atoms with Gasteiger partial charge in [-0.05, 0) is 29.8 Å². The molecule has 8 nitrogen and oxygen atoms in total. The molecule has 0 atom stereocenters. The van der Waals surface area contributed by atoms with E-state index in [0.29, 0.717) is 38.4 Å². The van der Waals surface area contributed by atoms with Crippen LogP contribution >= 0.6 is 0 Å². The summed E-state index contributed by atoms with van der Waals surface area (Å²) in [5, 5.41) is 19.2. The fraction of sp³-hybridized carbons (Fsp3) is 0.333. The summed E-state index contributed by atoms with van der Waals surface area (Å²) < 4.78 is 6.35. The highest BCUT2D eigenvalue weighted by Crippen LogP contribution is 2.15. The summed E-state index contributed by atoms with van der Waals surface area (Å²) in [5.41, 5.74) is 1.13. The van der Waals surface area contributed by atoms with Crippen LogP contribution in [0.3, 0.4) is 0 Å². The van der Waals surface area contributed by atoms with Crippen LogP contribution in [0.25, 0.3) is 0 Å². The molecule has 2 aromatic rings. The summed E-state index contributed by atoms with van der Waals surface area (Å²) in [6.45, 7) is 2.61. The predicted octanol–water partition coefficient (Wildman–Crippen LogP) is 0.718. The second-order valence-corrected chi connectivity index (χ2v) is 6.04. The van der Waals surface area contributed by atoms with E-state index in [1.807, 2.05) is 29.2 Å². The van der Waals surface area contributed by atoms with Gasteiger partial charge in [0.15, 0.2) is 0 Å². The Hall–Kier alpha value is -3.16. The maximum absolute atomic E-state index is 12.5. The molecule has 0 unspecified atom stereocenters. The number of nitrogens with zero attached hydrogens (tertiary/aromatic N) is 4. The Balaban J connectivity index is 1.58. The Kier molecular flexibility index (Phi) is 5.31. The lowest BCUT2D eigenvalue weighted by Gasteiger charge is -2.35. The molecule has 0 bridgehead atoms. The minimum atomic E-state index is 0.110. The van der Waals surface area contributed by atoms with E-state index in [0.717, 1.165) is 17.7 Å². The fourth-order valence-corrected chi connectivity index (χ4v) is 2.91. The average Bonchev–Trinajstić information content (AvgIpc) is 2.69. The van der Waals surface area contributed by atoms with Crippen LogP contribution in [-0.2, 0) is 11.2 Å². The third-order valence-corrected chi connectivity index (χ3v) is 4.44. The van der Waals surface area contributed by atoms with Crippen molar-refractivity contribution >= 4 is 18.1 Å². The van der Waals surface area contributed by atoms with Crippen LogP contribution in [0.1, 0.15) is 5.56 Å². The van der Waals surface area contributed by atoms with Crippen molar-refractivity contribution in [2.45, 2.75) is 6.42 Å². The third kappa shape index (κ3) is 3.90. The number of aromatic nitrogens is 2. The lowest BCUT2D eigenvalue weighted by atomic mass is 10.1. The third-order valence-electron chi connectivity index (χ3n) is 4.44. The number of carbonyl (C=O) groups excluding carboxylic acids is 1. The van der Waals surface area contributed by atoms with E-state index in [2.05, 4.69) is 10.00 Å². The maximum atomic E-state index is 12.5. The van der Waals surface area contributed by atoms with Crippen LogP contribution in [0.2, 0.25) is 0 Å². The number of methoxy groups -OCH3 is 1. The monoisotopic (exact) mass is 354 g/mol. The first kappa shape index (κ1) is 17.7. The van der Waals surface area contributed by atoms with Gasteiger partial charge in [-0.15, -0.1) is 5.10 Å². The second-order valence-electron chi connectivity index (χ2n) is 6.04. The molecular weight excluding hydrogens is 332 g/mol. The van der Waals surface area contributed by atoms with Crippen LogP contribution in [0.4, 0.5) is 5.82 Å². The fourth-order valence-electron chi connectivity index (χ4n) is 2.91. The Morgan fingerprint density at radius 3 is 2.46 bits per heavy atom. The van der Waals surface area contributed by atoms with Gasteiger partial charge in [0.2, 0.25) is 5.91 Å². The number of anilines is 1. The summed E-state index contributed by atoms with van der Waals surface area (Å²) in [7, 11) is 1.62. The van der Waals surface area contributed by atoms with Crippen LogP contribution < -0.4 is 15.1 Å².